The van der Waals surface area contributed by atoms with Gasteiger partial charge < -0.3 is 15.5 Å². The second-order valence-electron chi connectivity index (χ2n) is 6.17. The Balaban J connectivity index is 0.000000960. The van der Waals surface area contributed by atoms with Crippen molar-refractivity contribution >= 4 is 33.3 Å². The Labute approximate surface area is 168 Å². The number of sulfonamides is 1. The number of carbonyl (C=O) groups excluding carboxylic acids is 1. The Morgan fingerprint density at radius 3 is 1.93 bits per heavy atom. The molecule has 2 aromatic rings. The average Bonchev–Trinajstić information content (AvgIpc) is 2.62. The number of anilines is 2. The molecule has 0 bridgehead atoms. The number of nitrogens with one attached hydrogen (secondary N) is 2. The van der Waals surface area contributed by atoms with Gasteiger partial charge in [-0.1, -0.05) is 0 Å². The van der Waals surface area contributed by atoms with Gasteiger partial charge in [-0.15, -0.1) is 0 Å². The number of hydrogen-bond donors (Lipinski definition) is 4. The molecule has 0 saturated heterocycles. The van der Waals surface area contributed by atoms with Crippen molar-refractivity contribution in [1.82, 2.24) is 0 Å². The first-order chi connectivity index (χ1) is 13.5. The van der Waals surface area contributed by atoms with Gasteiger partial charge in [-0.25, -0.2) is 12.8 Å². The molecule has 1 amide bonds. The molecule has 0 aliphatic heterocycles. The van der Waals surface area contributed by atoms with Gasteiger partial charge in [0.05, 0.1) is 11.3 Å². The summed E-state index contributed by atoms with van der Waals surface area (Å²) in [6.07, 6.45) is -0.638. The normalized spacial score (nSPS) is 10.7. The van der Waals surface area contributed by atoms with E-state index in [1.165, 1.54) is 36.4 Å². The van der Waals surface area contributed by atoms with Crippen LogP contribution in [0.2, 0.25) is 0 Å². The quantitative estimate of drug-likeness (QED) is 0.538. The third-order valence-electron chi connectivity index (χ3n) is 3.11. The highest BCUT2D eigenvalue weighted by Gasteiger charge is 2.14. The highest BCUT2D eigenvalue weighted by Crippen LogP contribution is 2.18. The molecule has 2 rings (SSSR count). The smallest absolute Gasteiger partial charge is 0.303 e. The molecule has 2 aromatic carbocycles. The van der Waals surface area contributed by atoms with Crippen LogP contribution in [0.4, 0.5) is 15.8 Å². The fraction of sp³-hybridized carbons (Fsp3) is 0.263. The fourth-order valence-electron chi connectivity index (χ4n) is 1.89. The lowest BCUT2D eigenvalue weighted by Crippen LogP contribution is -2.14. The van der Waals surface area contributed by atoms with Crippen LogP contribution in [0.5, 0.6) is 0 Å². The van der Waals surface area contributed by atoms with E-state index in [1.807, 2.05) is 0 Å². The van der Waals surface area contributed by atoms with Crippen LogP contribution in [0.3, 0.4) is 0 Å². The molecule has 158 valence electrons. The molecule has 29 heavy (non-hydrogen) atoms. The van der Waals surface area contributed by atoms with Crippen molar-refractivity contribution in [2.75, 3.05) is 10.0 Å². The minimum absolute atomic E-state index is 0.0413. The van der Waals surface area contributed by atoms with E-state index in [4.69, 9.17) is 10.2 Å². The molecule has 0 aliphatic rings. The number of carboxylic acid groups (broad SMARTS) is 1. The number of aliphatic hydroxyl groups is 1. The molecular weight excluding hydrogens is 403 g/mol. The van der Waals surface area contributed by atoms with Gasteiger partial charge in [-0.05, 0) is 62.4 Å². The van der Waals surface area contributed by atoms with Crippen LogP contribution < -0.4 is 10.0 Å². The van der Waals surface area contributed by atoms with Gasteiger partial charge in [0.1, 0.15) is 5.82 Å². The van der Waals surface area contributed by atoms with Gasteiger partial charge in [-0.2, -0.15) is 0 Å². The monoisotopic (exact) mass is 426 g/mol. The van der Waals surface area contributed by atoms with Crippen LogP contribution in [0, 0.1) is 5.82 Å². The van der Waals surface area contributed by atoms with Crippen molar-refractivity contribution in [3.63, 3.8) is 0 Å². The summed E-state index contributed by atoms with van der Waals surface area (Å²) in [6, 6.07) is 10.2. The van der Waals surface area contributed by atoms with Gasteiger partial charge in [0, 0.05) is 23.9 Å². The topological polar surface area (TPSA) is 133 Å². The number of halogens is 1. The maximum Gasteiger partial charge on any atom is 0.303 e. The summed E-state index contributed by atoms with van der Waals surface area (Å²) < 4.78 is 39.6. The molecule has 0 atom stereocenters. The Bertz CT molecular complexity index is 910. The minimum Gasteiger partial charge on any atom is -0.481 e. The average molecular weight is 426 g/mol. The van der Waals surface area contributed by atoms with E-state index < -0.39 is 27.7 Å². The van der Waals surface area contributed by atoms with Crippen LogP contribution in [-0.2, 0) is 19.6 Å². The first-order valence-corrected chi connectivity index (χ1v) is 10.1. The summed E-state index contributed by atoms with van der Waals surface area (Å²) in [6.45, 7) is 3.44. The van der Waals surface area contributed by atoms with Crippen LogP contribution >= 0.6 is 0 Å². The molecule has 4 N–H and O–H groups in total. The summed E-state index contributed by atoms with van der Waals surface area (Å²) in [4.78, 5) is 21.9. The zero-order valence-corrected chi connectivity index (χ0v) is 16.7. The largest absolute Gasteiger partial charge is 0.481 e. The Hall–Kier alpha value is -2.98. The van der Waals surface area contributed by atoms with Crippen LogP contribution in [0.25, 0.3) is 0 Å². The molecule has 0 heterocycles. The molecular formula is C19H23FN2O6S. The summed E-state index contributed by atoms with van der Waals surface area (Å²) in [5.74, 6) is -2.04. The van der Waals surface area contributed by atoms with Crippen molar-refractivity contribution in [1.29, 1.82) is 0 Å². The van der Waals surface area contributed by atoms with Gasteiger partial charge >= 0.3 is 5.97 Å². The highest BCUT2D eigenvalue weighted by molar-refractivity contribution is 7.92. The third kappa shape index (κ3) is 9.67. The zero-order chi connectivity index (χ0) is 22.0. The highest BCUT2D eigenvalue weighted by atomic mass is 32.2. The summed E-state index contributed by atoms with van der Waals surface area (Å²) in [5.41, 5.74) is 0.559. The SMILES string of the molecule is CC(C)O.O=C(O)CCC(=O)Nc1ccc(S(=O)(=O)Nc2ccc(F)cc2)cc1. The van der Waals surface area contributed by atoms with Crippen LogP contribution in [0.1, 0.15) is 26.7 Å². The van der Waals surface area contributed by atoms with Gasteiger partial charge in [0.15, 0.2) is 0 Å². The Morgan fingerprint density at radius 1 is 0.966 bits per heavy atom. The number of aliphatic hydroxyl groups excluding tert-OH is 1. The van der Waals surface area contributed by atoms with E-state index in [0.717, 1.165) is 12.1 Å². The molecule has 0 unspecified atom stereocenters. The van der Waals surface area contributed by atoms with E-state index in [0.29, 0.717) is 5.69 Å². The second-order valence-corrected chi connectivity index (χ2v) is 7.85. The van der Waals surface area contributed by atoms with Crippen molar-refractivity contribution in [2.24, 2.45) is 0 Å². The van der Waals surface area contributed by atoms with Gasteiger partial charge in [0.25, 0.3) is 10.0 Å². The standard InChI is InChI=1S/C16H15FN2O5S.C3H8O/c17-11-1-3-13(4-2-11)19-25(23,24)14-7-5-12(6-8-14)18-15(20)9-10-16(21)22;1-3(2)4/h1-8,19H,9-10H2,(H,18,20)(H,21,22);3-4H,1-2H3. The maximum atomic E-state index is 12.8. The first kappa shape index (κ1) is 24.1. The van der Waals surface area contributed by atoms with Gasteiger partial charge in [0.2, 0.25) is 5.91 Å². The molecule has 10 heteroatoms. The molecule has 0 spiro atoms. The van der Waals surface area contributed by atoms with Crippen molar-refractivity contribution in [3.8, 4) is 0 Å². The second kappa shape index (κ2) is 11.1. The van der Waals surface area contributed by atoms with Crippen molar-refractivity contribution < 1.29 is 32.6 Å². The molecule has 8 nitrogen and oxygen atoms in total. The van der Waals surface area contributed by atoms with Gasteiger partial charge in [-0.3, -0.25) is 14.3 Å². The summed E-state index contributed by atoms with van der Waals surface area (Å²) in [5, 5.41) is 19.0. The van der Waals surface area contributed by atoms with E-state index in [2.05, 4.69) is 10.0 Å². The van der Waals surface area contributed by atoms with E-state index in [1.54, 1.807) is 13.8 Å². The number of carboxylic acids is 1. The number of carbonyl (C=O) groups is 2. The molecule has 0 radical (unpaired) electrons. The van der Waals surface area contributed by atoms with Crippen molar-refractivity contribution in [3.05, 3.63) is 54.3 Å². The number of amides is 1. The number of hydrogen-bond acceptors (Lipinski definition) is 5. The van der Waals surface area contributed by atoms with E-state index in [9.17, 15) is 22.4 Å². The molecule has 0 saturated carbocycles. The van der Waals surface area contributed by atoms with E-state index >= 15 is 0 Å². The fourth-order valence-corrected chi connectivity index (χ4v) is 2.95. The third-order valence-corrected chi connectivity index (χ3v) is 4.51. The predicted octanol–water partition coefficient (Wildman–Crippen LogP) is 2.82. The number of benzene rings is 2. The summed E-state index contributed by atoms with van der Waals surface area (Å²) in [7, 11) is -3.86. The predicted molar refractivity (Wildman–Crippen MR) is 107 cm³/mol. The zero-order valence-electron chi connectivity index (χ0n) is 15.9. The molecule has 0 fully saturated rings. The molecule has 0 aromatic heterocycles. The lowest BCUT2D eigenvalue weighted by Gasteiger charge is -2.09. The van der Waals surface area contributed by atoms with Crippen LogP contribution in [-0.4, -0.2) is 36.6 Å². The Morgan fingerprint density at radius 2 is 1.45 bits per heavy atom. The lowest BCUT2D eigenvalue weighted by molar-refractivity contribution is -0.138. The number of rotatable bonds is 7. The number of aliphatic carboxylic acids is 1. The lowest BCUT2D eigenvalue weighted by atomic mass is 10.2. The summed E-state index contributed by atoms with van der Waals surface area (Å²) >= 11 is 0. The maximum absolute atomic E-state index is 12.8. The minimum atomic E-state index is -3.86. The van der Waals surface area contributed by atoms with E-state index in [-0.39, 0.29) is 29.5 Å². The first-order valence-electron chi connectivity index (χ1n) is 8.58. The Kier molecular flexibility index (Phi) is 9.23. The molecule has 0 aliphatic carbocycles. The van der Waals surface area contributed by atoms with Crippen molar-refractivity contribution in [2.45, 2.75) is 37.7 Å². The van der Waals surface area contributed by atoms with Crippen LogP contribution in [0.15, 0.2) is 53.4 Å².